The normalized spacial score (nSPS) is 12.7. The predicted molar refractivity (Wildman–Crippen MR) is 287 cm³/mol. The monoisotopic (exact) mass is 887 g/mol. The summed E-state index contributed by atoms with van der Waals surface area (Å²) < 4.78 is 6.53. The second-order valence-corrected chi connectivity index (χ2v) is 17.6. The first kappa shape index (κ1) is 40.2. The summed E-state index contributed by atoms with van der Waals surface area (Å²) in [6, 6.07) is 85.0. The zero-order valence-corrected chi connectivity index (χ0v) is 38.2. The summed E-state index contributed by atoms with van der Waals surface area (Å²) in [6.45, 7) is 0. The Hall–Kier alpha value is -9.13. The molecule has 10 aromatic carbocycles. The number of hydrogen-bond donors (Lipinski definition) is 0. The number of nitrogens with zero attached hydrogens (tertiary/aromatic N) is 5. The van der Waals surface area contributed by atoms with E-state index in [1.807, 2.05) is 24.3 Å². The van der Waals surface area contributed by atoms with Crippen LogP contribution in [0, 0.1) is 0 Å². The number of benzene rings is 10. The molecule has 0 saturated carbocycles. The van der Waals surface area contributed by atoms with Crippen molar-refractivity contribution in [3.63, 3.8) is 0 Å². The molecule has 0 fully saturated rings. The van der Waals surface area contributed by atoms with Gasteiger partial charge in [0.25, 0.3) is 0 Å². The quantitative estimate of drug-likeness (QED) is 0.159. The second-order valence-electron chi connectivity index (χ2n) is 17.6. The van der Waals surface area contributed by atoms with Crippen molar-refractivity contribution in [2.24, 2.45) is 0 Å². The predicted octanol–water partition coefficient (Wildman–Crippen LogP) is 17.3. The molecule has 0 aliphatic carbocycles. The maximum atomic E-state index is 6.53. The van der Waals surface area contributed by atoms with Gasteiger partial charge in [0.05, 0.1) is 56.9 Å². The minimum Gasteiger partial charge on any atom is -0.436 e. The summed E-state index contributed by atoms with van der Waals surface area (Å²) in [5.41, 5.74) is 22.0. The lowest BCUT2D eigenvalue weighted by Crippen LogP contribution is -2.27. The minimum atomic E-state index is 0.575. The average Bonchev–Trinajstić information content (AvgIpc) is 3.87. The van der Waals surface area contributed by atoms with Gasteiger partial charge in [-0.3, -0.25) is 0 Å². The molecule has 2 aliphatic heterocycles. The van der Waals surface area contributed by atoms with Crippen LogP contribution in [-0.4, -0.2) is 19.1 Å². The molecule has 0 unspecified atom stereocenters. The van der Waals surface area contributed by atoms with Crippen molar-refractivity contribution in [3.05, 3.63) is 237 Å². The van der Waals surface area contributed by atoms with Gasteiger partial charge in [0.15, 0.2) is 5.58 Å². The molecule has 69 heavy (non-hydrogen) atoms. The molecule has 0 bridgehead atoms. The Labute approximate surface area is 401 Å². The van der Waals surface area contributed by atoms with Gasteiger partial charge in [-0.15, -0.1) is 0 Å². The summed E-state index contributed by atoms with van der Waals surface area (Å²) in [6.07, 6.45) is 0. The highest BCUT2D eigenvalue weighted by molar-refractivity contribution is 6.19. The third kappa shape index (κ3) is 6.45. The Bertz CT molecular complexity index is 3440. The SMILES string of the molecule is CN1c2ccccc2N(c2c(-c3ccccc3)c(-c3cccc(-c4nc5ccccc5o4)c3)c(-c3ccccc3)c(N3c4ccccc4N(C)c4ccccc43)c2-c2ccccc2)c2ccccc21. The third-order valence-corrected chi connectivity index (χ3v) is 13.7. The molecule has 0 atom stereocenters. The van der Waals surface area contributed by atoms with Crippen LogP contribution < -0.4 is 19.6 Å². The molecule has 2 aliphatic rings. The van der Waals surface area contributed by atoms with Crippen molar-refractivity contribution in [1.29, 1.82) is 0 Å². The number of oxazole rings is 1. The number of aromatic nitrogens is 1. The minimum absolute atomic E-state index is 0.575. The molecule has 11 aromatic rings. The standard InChI is InChI=1S/C63H45N5O/c1-65-48-32-13-17-36-52(48)67(53-37-18-14-33-49(53)65)61-58(42-23-6-3-7-24-42)57(45-29-22-30-46(41-45)63-64-47-31-12-21-40-56(47)69-63)59(43-25-8-4-9-26-43)62(60(61)44-27-10-5-11-28-44)68-54-38-19-15-34-50(54)66(2)51-35-16-20-39-55(51)68/h3-41H,1-2H3. The van der Waals surface area contributed by atoms with E-state index in [-0.39, 0.29) is 0 Å². The lowest BCUT2D eigenvalue weighted by Gasteiger charge is -2.44. The third-order valence-electron chi connectivity index (χ3n) is 13.7. The number of hydrogen-bond acceptors (Lipinski definition) is 6. The van der Waals surface area contributed by atoms with Crippen molar-refractivity contribution in [2.45, 2.75) is 0 Å². The Kier molecular flexibility index (Phi) is 9.51. The summed E-state index contributed by atoms with van der Waals surface area (Å²) >= 11 is 0. The molecule has 0 N–H and O–H groups in total. The van der Waals surface area contributed by atoms with E-state index >= 15 is 0 Å². The van der Waals surface area contributed by atoms with E-state index in [1.54, 1.807) is 0 Å². The van der Waals surface area contributed by atoms with Crippen molar-refractivity contribution >= 4 is 68.0 Å². The van der Waals surface area contributed by atoms with Gasteiger partial charge >= 0.3 is 0 Å². The average molecular weight is 888 g/mol. The molecule has 0 spiro atoms. The molecule has 3 heterocycles. The topological polar surface area (TPSA) is 39.0 Å². The Morgan fingerprint density at radius 3 is 1.09 bits per heavy atom. The fourth-order valence-electron chi connectivity index (χ4n) is 10.7. The highest BCUT2D eigenvalue weighted by atomic mass is 16.3. The smallest absolute Gasteiger partial charge is 0.227 e. The first-order valence-corrected chi connectivity index (χ1v) is 23.4. The van der Waals surface area contributed by atoms with Crippen molar-refractivity contribution in [2.75, 3.05) is 33.7 Å². The van der Waals surface area contributed by atoms with E-state index < -0.39 is 0 Å². The summed E-state index contributed by atoms with van der Waals surface area (Å²) in [5, 5.41) is 0. The van der Waals surface area contributed by atoms with Crippen molar-refractivity contribution in [1.82, 2.24) is 4.98 Å². The van der Waals surface area contributed by atoms with Crippen LogP contribution in [-0.2, 0) is 0 Å². The summed E-state index contributed by atoms with van der Waals surface area (Å²) in [5.74, 6) is 0.575. The van der Waals surface area contributed by atoms with Gasteiger partial charge in [0, 0.05) is 41.9 Å². The summed E-state index contributed by atoms with van der Waals surface area (Å²) in [7, 11) is 4.35. The van der Waals surface area contributed by atoms with E-state index in [4.69, 9.17) is 9.40 Å². The Balaban J connectivity index is 1.29. The van der Waals surface area contributed by atoms with Gasteiger partial charge in [-0.1, -0.05) is 164 Å². The van der Waals surface area contributed by atoms with Gasteiger partial charge < -0.3 is 24.0 Å². The van der Waals surface area contributed by atoms with Crippen LogP contribution in [0.3, 0.4) is 0 Å². The van der Waals surface area contributed by atoms with Crippen LogP contribution >= 0.6 is 0 Å². The van der Waals surface area contributed by atoms with Crippen LogP contribution in [0.15, 0.2) is 241 Å². The largest absolute Gasteiger partial charge is 0.436 e. The van der Waals surface area contributed by atoms with E-state index in [1.165, 1.54) is 0 Å². The van der Waals surface area contributed by atoms with Crippen LogP contribution in [0.2, 0.25) is 0 Å². The van der Waals surface area contributed by atoms with Gasteiger partial charge in [-0.05, 0) is 95.1 Å². The van der Waals surface area contributed by atoms with E-state index in [9.17, 15) is 0 Å². The first-order chi connectivity index (χ1) is 34.1. The van der Waals surface area contributed by atoms with Gasteiger partial charge in [0.1, 0.15) is 5.52 Å². The van der Waals surface area contributed by atoms with E-state index in [0.29, 0.717) is 5.89 Å². The lowest BCUT2D eigenvalue weighted by atomic mass is 9.79. The molecule has 328 valence electrons. The van der Waals surface area contributed by atoms with Crippen LogP contribution in [0.25, 0.3) is 67.1 Å². The Morgan fingerprint density at radius 2 is 0.652 bits per heavy atom. The molecule has 0 radical (unpaired) electrons. The highest BCUT2D eigenvalue weighted by Gasteiger charge is 2.39. The number of rotatable bonds is 7. The summed E-state index contributed by atoms with van der Waals surface area (Å²) in [4.78, 5) is 14.8. The zero-order chi connectivity index (χ0) is 46.0. The zero-order valence-electron chi connectivity index (χ0n) is 38.2. The molecule has 6 nitrogen and oxygen atoms in total. The maximum Gasteiger partial charge on any atom is 0.227 e. The molecule has 0 saturated heterocycles. The van der Waals surface area contributed by atoms with Crippen LogP contribution in [0.1, 0.15) is 0 Å². The maximum absolute atomic E-state index is 6.53. The fourth-order valence-corrected chi connectivity index (χ4v) is 10.7. The molecular weight excluding hydrogens is 843 g/mol. The first-order valence-electron chi connectivity index (χ1n) is 23.4. The van der Waals surface area contributed by atoms with Gasteiger partial charge in [0.2, 0.25) is 5.89 Å². The molecule has 0 amide bonds. The Morgan fingerprint density at radius 1 is 0.304 bits per heavy atom. The molecular formula is C63H45N5O. The molecule has 1 aromatic heterocycles. The van der Waals surface area contributed by atoms with Crippen molar-refractivity contribution in [3.8, 4) is 56.0 Å². The second kappa shape index (κ2) is 16.3. The van der Waals surface area contributed by atoms with E-state index in [0.717, 1.165) is 118 Å². The van der Waals surface area contributed by atoms with Crippen LogP contribution in [0.5, 0.6) is 0 Å². The van der Waals surface area contributed by atoms with Crippen LogP contribution in [0.4, 0.5) is 56.9 Å². The molecule has 13 rings (SSSR count). The number of fused-ring (bicyclic) bond motifs is 5. The number of anilines is 10. The number of para-hydroxylation sites is 10. The lowest BCUT2D eigenvalue weighted by molar-refractivity contribution is 0.620. The fraction of sp³-hybridized carbons (Fsp3) is 0.0317. The van der Waals surface area contributed by atoms with E-state index in [2.05, 4.69) is 246 Å². The highest BCUT2D eigenvalue weighted by Crippen LogP contribution is 2.64. The van der Waals surface area contributed by atoms with Gasteiger partial charge in [-0.25, -0.2) is 4.98 Å². The van der Waals surface area contributed by atoms with Crippen molar-refractivity contribution < 1.29 is 4.42 Å². The van der Waals surface area contributed by atoms with Gasteiger partial charge in [-0.2, -0.15) is 0 Å². The molecule has 6 heteroatoms.